The summed E-state index contributed by atoms with van der Waals surface area (Å²) in [4.78, 5) is 12.5. The molecule has 23 heavy (non-hydrogen) atoms. The monoisotopic (exact) mass is 306 g/mol. The molecule has 0 aliphatic carbocycles. The highest BCUT2D eigenvalue weighted by Crippen LogP contribution is 2.36. The molecule has 0 fully saturated rings. The molecule has 0 spiro atoms. The van der Waals surface area contributed by atoms with Gasteiger partial charge in [-0.3, -0.25) is 0 Å². The van der Waals surface area contributed by atoms with Crippen LogP contribution in [-0.4, -0.2) is 7.11 Å². The molecule has 0 unspecified atom stereocenters. The second-order valence-corrected chi connectivity index (χ2v) is 5.36. The number of ether oxygens (including phenoxy) is 1. The van der Waals surface area contributed by atoms with E-state index in [1.54, 1.807) is 13.2 Å². The number of hydrogen-bond acceptors (Lipinski definition) is 4. The summed E-state index contributed by atoms with van der Waals surface area (Å²) in [5.41, 5.74) is 2.30. The topological polar surface area (TPSA) is 52.6 Å². The molecule has 2 heterocycles. The second kappa shape index (κ2) is 5.02. The van der Waals surface area contributed by atoms with E-state index in [0.29, 0.717) is 22.3 Å². The van der Waals surface area contributed by atoms with Crippen LogP contribution in [0.4, 0.5) is 0 Å². The summed E-state index contributed by atoms with van der Waals surface area (Å²) in [7, 11) is 1.61. The minimum Gasteiger partial charge on any atom is -0.497 e. The van der Waals surface area contributed by atoms with E-state index in [-0.39, 0.29) is 0 Å². The van der Waals surface area contributed by atoms with Gasteiger partial charge in [0.15, 0.2) is 5.58 Å². The maximum atomic E-state index is 12.5. The van der Waals surface area contributed by atoms with Crippen LogP contribution in [-0.2, 0) is 0 Å². The zero-order valence-electron chi connectivity index (χ0n) is 12.8. The van der Waals surface area contributed by atoms with Gasteiger partial charge < -0.3 is 13.6 Å². The molecule has 0 saturated heterocycles. The summed E-state index contributed by atoms with van der Waals surface area (Å²) in [6.45, 7) is 1.85. The number of benzene rings is 2. The number of furan rings is 1. The van der Waals surface area contributed by atoms with E-state index >= 15 is 0 Å². The number of methoxy groups -OCH3 is 1. The second-order valence-electron chi connectivity index (χ2n) is 5.36. The lowest BCUT2D eigenvalue weighted by Crippen LogP contribution is -1.99. The summed E-state index contributed by atoms with van der Waals surface area (Å²) < 4.78 is 16.7. The summed E-state index contributed by atoms with van der Waals surface area (Å²) in [5, 5.41) is 1.26. The highest BCUT2D eigenvalue weighted by molar-refractivity contribution is 6.07. The fourth-order valence-electron chi connectivity index (χ4n) is 2.95. The molecule has 4 rings (SSSR count). The molecular weight excluding hydrogens is 292 g/mol. The van der Waals surface area contributed by atoms with Gasteiger partial charge in [0.05, 0.1) is 12.5 Å². The van der Waals surface area contributed by atoms with E-state index in [0.717, 1.165) is 22.3 Å². The van der Waals surface area contributed by atoms with Gasteiger partial charge in [0.1, 0.15) is 22.5 Å². The molecule has 0 radical (unpaired) electrons. The van der Waals surface area contributed by atoms with E-state index in [1.807, 2.05) is 49.4 Å². The molecule has 2 aromatic carbocycles. The van der Waals surface area contributed by atoms with E-state index in [1.165, 1.54) is 0 Å². The molecule has 4 heteroatoms. The Labute approximate surface area is 131 Å². The largest absolute Gasteiger partial charge is 0.497 e. The number of rotatable bonds is 2. The Morgan fingerprint density at radius 2 is 1.83 bits per heavy atom. The fraction of sp³-hybridized carbons (Fsp3) is 0.105. The number of para-hydroxylation sites is 1. The van der Waals surface area contributed by atoms with Crippen molar-refractivity contribution < 1.29 is 13.6 Å². The quantitative estimate of drug-likeness (QED) is 0.511. The van der Waals surface area contributed by atoms with Gasteiger partial charge >= 0.3 is 5.63 Å². The number of hydrogen-bond donors (Lipinski definition) is 0. The van der Waals surface area contributed by atoms with Crippen LogP contribution in [0.3, 0.4) is 0 Å². The van der Waals surface area contributed by atoms with Crippen molar-refractivity contribution in [3.8, 4) is 16.9 Å². The van der Waals surface area contributed by atoms with Gasteiger partial charge in [0.2, 0.25) is 0 Å². The third-order valence-corrected chi connectivity index (χ3v) is 3.98. The Morgan fingerprint density at radius 1 is 1.00 bits per heavy atom. The molecule has 0 saturated carbocycles. The Morgan fingerprint density at radius 3 is 2.65 bits per heavy atom. The van der Waals surface area contributed by atoms with E-state index in [4.69, 9.17) is 13.6 Å². The van der Waals surface area contributed by atoms with Crippen molar-refractivity contribution in [2.45, 2.75) is 6.92 Å². The van der Waals surface area contributed by atoms with Gasteiger partial charge in [0, 0.05) is 5.56 Å². The third kappa shape index (κ3) is 2.03. The van der Waals surface area contributed by atoms with Crippen LogP contribution in [0.2, 0.25) is 0 Å². The first-order valence-corrected chi connectivity index (χ1v) is 7.28. The van der Waals surface area contributed by atoms with Gasteiger partial charge in [0.25, 0.3) is 0 Å². The van der Waals surface area contributed by atoms with Gasteiger partial charge in [-0.1, -0.05) is 24.3 Å². The third-order valence-electron chi connectivity index (χ3n) is 3.98. The van der Waals surface area contributed by atoms with Gasteiger partial charge in [-0.15, -0.1) is 0 Å². The van der Waals surface area contributed by atoms with Crippen molar-refractivity contribution in [2.75, 3.05) is 7.11 Å². The van der Waals surface area contributed by atoms with Crippen molar-refractivity contribution in [1.82, 2.24) is 0 Å². The summed E-state index contributed by atoms with van der Waals surface area (Å²) in [5.74, 6) is 1.40. The first-order chi connectivity index (χ1) is 11.2. The highest BCUT2D eigenvalue weighted by Gasteiger charge is 2.20. The van der Waals surface area contributed by atoms with Crippen LogP contribution < -0.4 is 10.4 Å². The van der Waals surface area contributed by atoms with E-state index < -0.39 is 5.63 Å². The molecule has 2 aromatic heterocycles. The molecule has 0 amide bonds. The van der Waals surface area contributed by atoms with Crippen LogP contribution >= 0.6 is 0 Å². The lowest BCUT2D eigenvalue weighted by Gasteiger charge is -2.04. The molecular formula is C19H14O4. The molecule has 0 atom stereocenters. The minimum absolute atomic E-state index is 0.395. The average molecular weight is 306 g/mol. The lowest BCUT2D eigenvalue weighted by molar-refractivity contribution is 0.415. The van der Waals surface area contributed by atoms with Crippen molar-refractivity contribution in [2.24, 2.45) is 0 Å². The van der Waals surface area contributed by atoms with Crippen LogP contribution in [0, 0.1) is 6.92 Å². The fourth-order valence-corrected chi connectivity index (χ4v) is 2.95. The zero-order valence-corrected chi connectivity index (χ0v) is 12.8. The standard InChI is InChI=1S/C19H14O4/c1-11-16(12-6-5-7-13(10-12)21-2)17-18(22-11)14-8-3-4-9-15(14)23-19(17)20/h3-10H,1-2H3. The smallest absolute Gasteiger partial charge is 0.348 e. The Balaban J connectivity index is 2.13. The zero-order chi connectivity index (χ0) is 16.0. The van der Waals surface area contributed by atoms with Crippen LogP contribution in [0.15, 0.2) is 62.2 Å². The van der Waals surface area contributed by atoms with Gasteiger partial charge in [-0.05, 0) is 36.8 Å². The van der Waals surface area contributed by atoms with Gasteiger partial charge in [-0.25, -0.2) is 4.79 Å². The van der Waals surface area contributed by atoms with E-state index in [9.17, 15) is 4.79 Å². The normalized spacial score (nSPS) is 11.2. The Kier molecular flexibility index (Phi) is 2.98. The maximum Gasteiger partial charge on any atom is 0.348 e. The Bertz CT molecular complexity index is 1090. The van der Waals surface area contributed by atoms with Crippen LogP contribution in [0.5, 0.6) is 5.75 Å². The first kappa shape index (κ1) is 13.6. The Hall–Kier alpha value is -3.01. The van der Waals surface area contributed by atoms with Crippen molar-refractivity contribution >= 4 is 21.9 Å². The number of fused-ring (bicyclic) bond motifs is 3. The molecule has 4 nitrogen and oxygen atoms in total. The van der Waals surface area contributed by atoms with Crippen molar-refractivity contribution in [3.63, 3.8) is 0 Å². The summed E-state index contributed by atoms with van der Waals surface area (Å²) in [6.07, 6.45) is 0. The molecule has 114 valence electrons. The highest BCUT2D eigenvalue weighted by atomic mass is 16.5. The van der Waals surface area contributed by atoms with Crippen molar-refractivity contribution in [3.05, 3.63) is 64.7 Å². The summed E-state index contributed by atoms with van der Waals surface area (Å²) in [6, 6.07) is 14.9. The molecule has 0 bridgehead atoms. The number of aryl methyl sites for hydroxylation is 1. The molecule has 4 aromatic rings. The van der Waals surface area contributed by atoms with Crippen LogP contribution in [0.25, 0.3) is 33.1 Å². The average Bonchev–Trinajstić information content (AvgIpc) is 2.93. The minimum atomic E-state index is -0.395. The molecule has 0 aliphatic rings. The van der Waals surface area contributed by atoms with E-state index in [2.05, 4.69) is 0 Å². The predicted octanol–water partition coefficient (Wildman–Crippen LogP) is 4.52. The van der Waals surface area contributed by atoms with Crippen LogP contribution in [0.1, 0.15) is 5.76 Å². The predicted molar refractivity (Wildman–Crippen MR) is 89.0 cm³/mol. The molecule has 0 aliphatic heterocycles. The van der Waals surface area contributed by atoms with Gasteiger partial charge in [-0.2, -0.15) is 0 Å². The first-order valence-electron chi connectivity index (χ1n) is 7.28. The lowest BCUT2D eigenvalue weighted by atomic mass is 10.0. The SMILES string of the molecule is COc1cccc(-c2c(C)oc3c2c(=O)oc2ccccc23)c1. The molecule has 0 N–H and O–H groups in total. The summed E-state index contributed by atoms with van der Waals surface area (Å²) >= 11 is 0. The maximum absolute atomic E-state index is 12.5. The van der Waals surface area contributed by atoms with Crippen molar-refractivity contribution in [1.29, 1.82) is 0 Å².